The molecular formula is C7H8O4. The maximum Gasteiger partial charge on any atom is 0.241 e. The molecule has 0 saturated heterocycles. The van der Waals surface area contributed by atoms with E-state index in [9.17, 15) is 14.4 Å². The van der Waals surface area contributed by atoms with Crippen molar-refractivity contribution in [3.63, 3.8) is 0 Å². The molecule has 1 unspecified atom stereocenters. The van der Waals surface area contributed by atoms with E-state index in [0.717, 1.165) is 6.92 Å². The van der Waals surface area contributed by atoms with Crippen molar-refractivity contribution in [2.75, 3.05) is 7.11 Å². The van der Waals surface area contributed by atoms with Gasteiger partial charge < -0.3 is 4.74 Å². The lowest BCUT2D eigenvalue weighted by molar-refractivity contribution is -0.130. The van der Waals surface area contributed by atoms with Gasteiger partial charge in [-0.05, 0) is 6.92 Å². The summed E-state index contributed by atoms with van der Waals surface area (Å²) in [5.41, 5.74) is -1.73. The quantitative estimate of drug-likeness (QED) is 0.507. The van der Waals surface area contributed by atoms with Crippen LogP contribution in [0.5, 0.6) is 0 Å². The number of rotatable bonds is 5. The summed E-state index contributed by atoms with van der Waals surface area (Å²) < 4.78 is 4.55. The number of ether oxygens (including phenoxy) is 1. The van der Waals surface area contributed by atoms with Gasteiger partial charge in [-0.3, -0.25) is 14.4 Å². The summed E-state index contributed by atoms with van der Waals surface area (Å²) in [7, 11) is 1.17. The minimum atomic E-state index is -1.73. The van der Waals surface area contributed by atoms with E-state index in [1.807, 2.05) is 0 Å². The van der Waals surface area contributed by atoms with E-state index < -0.39 is 17.8 Å². The van der Waals surface area contributed by atoms with Gasteiger partial charge in [0, 0.05) is 7.11 Å². The monoisotopic (exact) mass is 156 g/mol. The Morgan fingerprint density at radius 3 is 2.18 bits per heavy atom. The molecule has 4 heteroatoms. The molecular weight excluding hydrogens is 148 g/mol. The molecule has 11 heavy (non-hydrogen) atoms. The highest BCUT2D eigenvalue weighted by molar-refractivity contribution is 6.02. The van der Waals surface area contributed by atoms with E-state index >= 15 is 0 Å². The maximum absolute atomic E-state index is 10.8. The lowest BCUT2D eigenvalue weighted by atomic mass is 9.98. The Labute approximate surface area is 64.5 Å². The molecule has 1 atom stereocenters. The Kier molecular flexibility index (Phi) is 3.60. The van der Waals surface area contributed by atoms with E-state index in [1.165, 1.54) is 19.7 Å². The maximum atomic E-state index is 10.8. The van der Waals surface area contributed by atoms with Crippen LogP contribution in [-0.4, -0.2) is 31.1 Å². The molecule has 0 fully saturated rings. The van der Waals surface area contributed by atoms with E-state index in [4.69, 9.17) is 0 Å². The van der Waals surface area contributed by atoms with Gasteiger partial charge in [0.15, 0.2) is 11.4 Å². The van der Waals surface area contributed by atoms with Gasteiger partial charge in [-0.2, -0.15) is 0 Å². The third-order valence-corrected chi connectivity index (χ3v) is 1.40. The standard InChI is InChI=1S/C7H8O4/c1-6(10)7(5-9,11-2)3-4-8/h3H2,1-2H3. The van der Waals surface area contributed by atoms with Crippen LogP contribution in [0.2, 0.25) is 0 Å². The Hall–Kier alpha value is -1.03. The molecule has 0 heterocycles. The van der Waals surface area contributed by atoms with Crippen molar-refractivity contribution in [1.82, 2.24) is 0 Å². The molecule has 0 aromatic heterocycles. The lowest BCUT2D eigenvalue weighted by Crippen LogP contribution is -2.41. The SMILES string of the molecule is COC([C]=O)(C[C]=O)C(C)=O. The Bertz CT molecular complexity index is 175. The smallest absolute Gasteiger partial charge is 0.241 e. The fourth-order valence-electron chi connectivity index (χ4n) is 0.592. The molecule has 0 amide bonds. The first-order valence-electron chi connectivity index (χ1n) is 2.93. The van der Waals surface area contributed by atoms with Gasteiger partial charge in [0.25, 0.3) is 0 Å². The number of hydrogen-bond acceptors (Lipinski definition) is 4. The molecule has 0 aliphatic rings. The van der Waals surface area contributed by atoms with Crippen molar-refractivity contribution in [1.29, 1.82) is 0 Å². The normalized spacial score (nSPS) is 15.1. The van der Waals surface area contributed by atoms with Crippen molar-refractivity contribution in [3.05, 3.63) is 0 Å². The minimum absolute atomic E-state index is 0.400. The van der Waals surface area contributed by atoms with Crippen LogP contribution in [0.15, 0.2) is 0 Å². The zero-order valence-electron chi connectivity index (χ0n) is 6.34. The van der Waals surface area contributed by atoms with Gasteiger partial charge in [0.2, 0.25) is 12.6 Å². The number of hydrogen-bond donors (Lipinski definition) is 0. The molecule has 60 valence electrons. The summed E-state index contributed by atoms with van der Waals surface area (Å²) in [5, 5.41) is 0. The second-order valence-corrected chi connectivity index (χ2v) is 2.01. The summed E-state index contributed by atoms with van der Waals surface area (Å²) in [5.74, 6) is -0.543. The highest BCUT2D eigenvalue weighted by Crippen LogP contribution is 2.11. The Morgan fingerprint density at radius 2 is 2.09 bits per heavy atom. The number of carbonyl (C=O) groups excluding carboxylic acids is 3. The largest absolute Gasteiger partial charge is 0.362 e. The summed E-state index contributed by atoms with van der Waals surface area (Å²) in [6.07, 6.45) is 2.41. The molecule has 0 aliphatic heterocycles. The fraction of sp³-hybridized carbons (Fsp3) is 0.571. The predicted molar refractivity (Wildman–Crippen MR) is 36.4 cm³/mol. The molecule has 0 aliphatic carbocycles. The first kappa shape index (κ1) is 9.97. The zero-order chi connectivity index (χ0) is 8.91. The van der Waals surface area contributed by atoms with Gasteiger partial charge in [-0.25, -0.2) is 0 Å². The van der Waals surface area contributed by atoms with Gasteiger partial charge in [0.05, 0.1) is 6.42 Å². The van der Waals surface area contributed by atoms with E-state index in [0.29, 0.717) is 0 Å². The lowest BCUT2D eigenvalue weighted by Gasteiger charge is -2.18. The molecule has 0 spiro atoms. The average molecular weight is 156 g/mol. The molecule has 0 aromatic carbocycles. The molecule has 4 nitrogen and oxygen atoms in total. The number of carbonyl (C=O) groups is 1. The second-order valence-electron chi connectivity index (χ2n) is 2.01. The predicted octanol–water partition coefficient (Wildman–Crippen LogP) is -0.430. The Balaban J connectivity index is 4.58. The fourth-order valence-corrected chi connectivity index (χ4v) is 0.592. The van der Waals surface area contributed by atoms with Crippen LogP contribution in [0, 0.1) is 0 Å². The number of Topliss-reactive ketones (excluding diaryl/α,β-unsaturated/α-hetero) is 1. The molecule has 0 N–H and O–H groups in total. The number of methoxy groups -OCH3 is 1. The van der Waals surface area contributed by atoms with Crippen LogP contribution in [0.4, 0.5) is 0 Å². The van der Waals surface area contributed by atoms with Crippen molar-refractivity contribution in [2.24, 2.45) is 0 Å². The average Bonchev–Trinajstić information content (AvgIpc) is 2.00. The van der Waals surface area contributed by atoms with Crippen molar-refractivity contribution >= 4 is 18.4 Å². The van der Waals surface area contributed by atoms with Gasteiger partial charge in [0.1, 0.15) is 0 Å². The topological polar surface area (TPSA) is 60.4 Å². The molecule has 0 rings (SSSR count). The highest BCUT2D eigenvalue weighted by atomic mass is 16.5. The summed E-state index contributed by atoms with van der Waals surface area (Å²) >= 11 is 0. The van der Waals surface area contributed by atoms with Crippen LogP contribution in [0.3, 0.4) is 0 Å². The molecule has 0 bridgehead atoms. The van der Waals surface area contributed by atoms with E-state index in [1.54, 1.807) is 0 Å². The van der Waals surface area contributed by atoms with Crippen molar-refractivity contribution in [3.8, 4) is 0 Å². The van der Waals surface area contributed by atoms with E-state index in [-0.39, 0.29) is 0 Å². The third kappa shape index (κ3) is 1.94. The summed E-state index contributed by atoms with van der Waals surface area (Å²) in [6, 6.07) is 0. The van der Waals surface area contributed by atoms with Crippen molar-refractivity contribution < 1.29 is 19.1 Å². The van der Waals surface area contributed by atoms with Crippen LogP contribution in [0.25, 0.3) is 0 Å². The Morgan fingerprint density at radius 1 is 1.55 bits per heavy atom. The van der Waals surface area contributed by atoms with Crippen LogP contribution < -0.4 is 0 Å². The number of ketones is 1. The molecule has 0 saturated carbocycles. The molecule has 0 aromatic rings. The van der Waals surface area contributed by atoms with E-state index in [2.05, 4.69) is 4.74 Å². The zero-order valence-corrected chi connectivity index (χ0v) is 6.34. The summed E-state index contributed by atoms with van der Waals surface area (Å²) in [4.78, 5) is 30.9. The van der Waals surface area contributed by atoms with Crippen molar-refractivity contribution in [2.45, 2.75) is 18.9 Å². The third-order valence-electron chi connectivity index (χ3n) is 1.40. The first-order chi connectivity index (χ1) is 5.13. The van der Waals surface area contributed by atoms with Gasteiger partial charge in [-0.1, -0.05) is 0 Å². The van der Waals surface area contributed by atoms with Gasteiger partial charge in [-0.15, -0.1) is 0 Å². The summed E-state index contributed by atoms with van der Waals surface area (Å²) in [6.45, 7) is 1.16. The second kappa shape index (κ2) is 3.98. The highest BCUT2D eigenvalue weighted by Gasteiger charge is 2.36. The van der Waals surface area contributed by atoms with Crippen LogP contribution >= 0.6 is 0 Å². The molecule has 2 radical (unpaired) electrons. The van der Waals surface area contributed by atoms with Crippen LogP contribution in [0.1, 0.15) is 13.3 Å². The minimum Gasteiger partial charge on any atom is -0.362 e. The van der Waals surface area contributed by atoms with Gasteiger partial charge >= 0.3 is 0 Å². The first-order valence-corrected chi connectivity index (χ1v) is 2.93. The van der Waals surface area contributed by atoms with Crippen LogP contribution in [-0.2, 0) is 19.1 Å².